The lowest BCUT2D eigenvalue weighted by atomic mass is 9.80. The van der Waals surface area contributed by atoms with Gasteiger partial charge in [0.2, 0.25) is 0 Å². The van der Waals surface area contributed by atoms with Crippen molar-refractivity contribution in [2.45, 2.75) is 66.8 Å². The highest BCUT2D eigenvalue weighted by Crippen LogP contribution is 2.26. The van der Waals surface area contributed by atoms with Gasteiger partial charge < -0.3 is 5.32 Å². The highest BCUT2D eigenvalue weighted by atomic mass is 14.9. The van der Waals surface area contributed by atoms with Crippen molar-refractivity contribution in [3.63, 3.8) is 0 Å². The van der Waals surface area contributed by atoms with E-state index < -0.39 is 0 Å². The van der Waals surface area contributed by atoms with Crippen molar-refractivity contribution in [2.75, 3.05) is 6.54 Å². The van der Waals surface area contributed by atoms with Gasteiger partial charge in [0, 0.05) is 5.54 Å². The molecule has 0 bridgehead atoms. The van der Waals surface area contributed by atoms with Crippen LogP contribution in [0.15, 0.2) is 0 Å². The zero-order chi connectivity index (χ0) is 12.1. The SMILES string of the molecule is CCC(CC)C(CNC(C)(C)C)C(C)C. The fourth-order valence-corrected chi connectivity index (χ4v) is 2.26. The number of hydrogen-bond acceptors (Lipinski definition) is 1. The van der Waals surface area contributed by atoms with Crippen molar-refractivity contribution in [1.29, 1.82) is 0 Å². The fraction of sp³-hybridized carbons (Fsp3) is 1.00. The van der Waals surface area contributed by atoms with E-state index in [9.17, 15) is 0 Å². The van der Waals surface area contributed by atoms with Crippen LogP contribution >= 0.6 is 0 Å². The number of hydrogen-bond donors (Lipinski definition) is 1. The summed E-state index contributed by atoms with van der Waals surface area (Å²) in [7, 11) is 0. The molecule has 1 unspecified atom stereocenters. The van der Waals surface area contributed by atoms with Crippen molar-refractivity contribution in [3.8, 4) is 0 Å². The van der Waals surface area contributed by atoms with Gasteiger partial charge >= 0.3 is 0 Å². The Morgan fingerprint density at radius 2 is 1.47 bits per heavy atom. The third kappa shape index (κ3) is 6.19. The van der Waals surface area contributed by atoms with Crippen LogP contribution in [0.2, 0.25) is 0 Å². The molecule has 0 saturated carbocycles. The normalized spacial score (nSPS) is 15.0. The van der Waals surface area contributed by atoms with Gasteiger partial charge in [-0.2, -0.15) is 0 Å². The standard InChI is InChI=1S/C14H31N/c1-8-12(9-2)13(11(3)4)10-15-14(5,6)7/h11-13,15H,8-10H2,1-7H3. The third-order valence-corrected chi connectivity index (χ3v) is 3.38. The van der Waals surface area contributed by atoms with E-state index in [2.05, 4.69) is 53.8 Å². The van der Waals surface area contributed by atoms with Gasteiger partial charge in [-0.3, -0.25) is 0 Å². The molecule has 15 heavy (non-hydrogen) atoms. The Balaban J connectivity index is 4.27. The van der Waals surface area contributed by atoms with Crippen molar-refractivity contribution in [3.05, 3.63) is 0 Å². The zero-order valence-electron chi connectivity index (χ0n) is 11.9. The van der Waals surface area contributed by atoms with Crippen LogP contribution < -0.4 is 5.32 Å². The highest BCUT2D eigenvalue weighted by molar-refractivity contribution is 4.78. The van der Waals surface area contributed by atoms with E-state index in [-0.39, 0.29) is 5.54 Å². The van der Waals surface area contributed by atoms with Crippen LogP contribution in [0, 0.1) is 17.8 Å². The van der Waals surface area contributed by atoms with E-state index in [1.54, 1.807) is 0 Å². The molecule has 0 fully saturated rings. The van der Waals surface area contributed by atoms with Gasteiger partial charge in [0.15, 0.2) is 0 Å². The van der Waals surface area contributed by atoms with Crippen LogP contribution in [0.25, 0.3) is 0 Å². The molecule has 0 heterocycles. The Morgan fingerprint density at radius 1 is 1.00 bits per heavy atom. The maximum Gasteiger partial charge on any atom is 0.00966 e. The molecule has 0 aromatic rings. The molecule has 1 N–H and O–H groups in total. The summed E-state index contributed by atoms with van der Waals surface area (Å²) in [6.07, 6.45) is 2.62. The van der Waals surface area contributed by atoms with E-state index in [1.807, 2.05) is 0 Å². The molecule has 0 aliphatic rings. The second-order valence-electron chi connectivity index (χ2n) is 6.12. The molecule has 1 heteroatoms. The summed E-state index contributed by atoms with van der Waals surface area (Å²) < 4.78 is 0. The van der Waals surface area contributed by atoms with Gasteiger partial charge in [-0.05, 0) is 45.1 Å². The smallest absolute Gasteiger partial charge is 0.00966 e. The molecule has 0 rings (SSSR count). The summed E-state index contributed by atoms with van der Waals surface area (Å²) in [5.41, 5.74) is 0.249. The minimum atomic E-state index is 0.249. The molecule has 0 amide bonds. The first kappa shape index (κ1) is 15.0. The highest BCUT2D eigenvalue weighted by Gasteiger charge is 2.23. The van der Waals surface area contributed by atoms with Gasteiger partial charge in [0.1, 0.15) is 0 Å². The summed E-state index contributed by atoms with van der Waals surface area (Å²) >= 11 is 0. The molecule has 0 radical (unpaired) electrons. The van der Waals surface area contributed by atoms with Crippen LogP contribution in [0.1, 0.15) is 61.3 Å². The summed E-state index contributed by atoms with van der Waals surface area (Å²) in [5.74, 6) is 2.48. The summed E-state index contributed by atoms with van der Waals surface area (Å²) in [6, 6.07) is 0. The molecule has 0 aromatic carbocycles. The lowest BCUT2D eigenvalue weighted by Gasteiger charge is -2.32. The summed E-state index contributed by atoms with van der Waals surface area (Å²) in [6.45, 7) is 17.3. The largest absolute Gasteiger partial charge is 0.312 e. The van der Waals surface area contributed by atoms with Gasteiger partial charge in [-0.25, -0.2) is 0 Å². The van der Waals surface area contributed by atoms with E-state index in [0.29, 0.717) is 0 Å². The Hall–Kier alpha value is -0.0400. The van der Waals surface area contributed by atoms with Gasteiger partial charge in [0.05, 0.1) is 0 Å². The summed E-state index contributed by atoms with van der Waals surface area (Å²) in [5, 5.41) is 3.65. The molecule has 0 aliphatic carbocycles. The van der Waals surface area contributed by atoms with E-state index in [4.69, 9.17) is 0 Å². The second kappa shape index (κ2) is 6.52. The monoisotopic (exact) mass is 213 g/mol. The number of nitrogens with one attached hydrogen (secondary N) is 1. The first-order valence-corrected chi connectivity index (χ1v) is 6.56. The van der Waals surface area contributed by atoms with Gasteiger partial charge in [-0.15, -0.1) is 0 Å². The van der Waals surface area contributed by atoms with Gasteiger partial charge in [0.25, 0.3) is 0 Å². The Labute approximate surface area is 97.0 Å². The molecular weight excluding hydrogens is 182 g/mol. The molecule has 1 atom stereocenters. The van der Waals surface area contributed by atoms with Crippen molar-refractivity contribution in [1.82, 2.24) is 5.32 Å². The Morgan fingerprint density at radius 3 is 1.73 bits per heavy atom. The third-order valence-electron chi connectivity index (χ3n) is 3.38. The maximum atomic E-state index is 3.65. The fourth-order valence-electron chi connectivity index (χ4n) is 2.26. The second-order valence-corrected chi connectivity index (χ2v) is 6.12. The first-order chi connectivity index (χ1) is 6.81. The predicted octanol–water partition coefficient (Wildman–Crippen LogP) is 4.08. The van der Waals surface area contributed by atoms with Crippen molar-refractivity contribution < 1.29 is 0 Å². The molecule has 92 valence electrons. The predicted molar refractivity (Wildman–Crippen MR) is 70.2 cm³/mol. The molecule has 1 nitrogen and oxygen atoms in total. The Bertz CT molecular complexity index is 151. The lowest BCUT2D eigenvalue weighted by Crippen LogP contribution is -2.42. The lowest BCUT2D eigenvalue weighted by molar-refractivity contribution is 0.214. The van der Waals surface area contributed by atoms with Crippen LogP contribution in [-0.4, -0.2) is 12.1 Å². The molecular formula is C14H31N. The molecule has 0 aromatic heterocycles. The molecule has 0 saturated heterocycles. The van der Waals surface area contributed by atoms with Crippen LogP contribution in [0.3, 0.4) is 0 Å². The van der Waals surface area contributed by atoms with Crippen LogP contribution in [-0.2, 0) is 0 Å². The molecule has 0 spiro atoms. The first-order valence-electron chi connectivity index (χ1n) is 6.56. The maximum absolute atomic E-state index is 3.65. The van der Waals surface area contributed by atoms with E-state index >= 15 is 0 Å². The van der Waals surface area contributed by atoms with Crippen LogP contribution in [0.4, 0.5) is 0 Å². The van der Waals surface area contributed by atoms with Crippen molar-refractivity contribution in [2.24, 2.45) is 17.8 Å². The van der Waals surface area contributed by atoms with Crippen LogP contribution in [0.5, 0.6) is 0 Å². The minimum absolute atomic E-state index is 0.249. The van der Waals surface area contributed by atoms with E-state index in [0.717, 1.165) is 24.3 Å². The molecule has 0 aliphatic heterocycles. The van der Waals surface area contributed by atoms with Crippen molar-refractivity contribution >= 4 is 0 Å². The zero-order valence-corrected chi connectivity index (χ0v) is 11.9. The summed E-state index contributed by atoms with van der Waals surface area (Å²) in [4.78, 5) is 0. The minimum Gasteiger partial charge on any atom is -0.312 e. The topological polar surface area (TPSA) is 12.0 Å². The number of rotatable bonds is 6. The van der Waals surface area contributed by atoms with E-state index in [1.165, 1.54) is 12.8 Å². The quantitative estimate of drug-likeness (QED) is 0.701. The average Bonchev–Trinajstić information content (AvgIpc) is 2.09. The average molecular weight is 213 g/mol. The Kier molecular flexibility index (Phi) is 6.51. The van der Waals surface area contributed by atoms with Gasteiger partial charge in [-0.1, -0.05) is 40.5 Å².